The van der Waals surface area contributed by atoms with Crippen LogP contribution >= 0.6 is 0 Å². The summed E-state index contributed by atoms with van der Waals surface area (Å²) in [7, 11) is -3.69. The summed E-state index contributed by atoms with van der Waals surface area (Å²) in [6, 6.07) is 5.23. The molecule has 1 aromatic rings. The number of carbonyl (C=O) groups excluding carboxylic acids is 1. The Morgan fingerprint density at radius 1 is 1.11 bits per heavy atom. The van der Waals surface area contributed by atoms with Crippen molar-refractivity contribution in [3.05, 3.63) is 29.8 Å². The molecule has 0 spiro atoms. The van der Waals surface area contributed by atoms with Crippen LogP contribution in [0.2, 0.25) is 0 Å². The highest BCUT2D eigenvalue weighted by Gasteiger charge is 2.35. The molecule has 8 nitrogen and oxygen atoms in total. The van der Waals surface area contributed by atoms with Gasteiger partial charge in [0, 0.05) is 25.6 Å². The van der Waals surface area contributed by atoms with Gasteiger partial charge in [-0.1, -0.05) is 0 Å². The van der Waals surface area contributed by atoms with Crippen molar-refractivity contribution >= 4 is 21.9 Å². The Balaban J connectivity index is 1.64. The summed E-state index contributed by atoms with van der Waals surface area (Å²) < 4.78 is 32.3. The second-order valence-electron chi connectivity index (χ2n) is 6.96. The number of amides is 1. The summed E-state index contributed by atoms with van der Waals surface area (Å²) in [5.74, 6) is -1.20. The van der Waals surface area contributed by atoms with Crippen LogP contribution in [0.1, 0.15) is 30.1 Å². The fourth-order valence-corrected chi connectivity index (χ4v) is 5.02. The van der Waals surface area contributed by atoms with E-state index in [1.165, 1.54) is 28.6 Å². The number of piperidine rings is 1. The molecule has 148 valence electrons. The van der Waals surface area contributed by atoms with Crippen LogP contribution in [0.25, 0.3) is 0 Å². The molecule has 0 saturated carbocycles. The van der Waals surface area contributed by atoms with Gasteiger partial charge in [0.15, 0.2) is 0 Å². The van der Waals surface area contributed by atoms with Crippen molar-refractivity contribution in [3.8, 4) is 0 Å². The average Bonchev–Trinajstić information content (AvgIpc) is 2.68. The average molecular weight is 396 g/mol. The lowest BCUT2D eigenvalue weighted by Crippen LogP contribution is -2.51. The lowest BCUT2D eigenvalue weighted by molar-refractivity contribution is -0.144. The van der Waals surface area contributed by atoms with E-state index in [1.807, 2.05) is 11.8 Å². The second kappa shape index (κ2) is 7.95. The molecule has 1 N–H and O–H groups in total. The zero-order valence-corrected chi connectivity index (χ0v) is 16.0. The molecule has 2 aliphatic heterocycles. The van der Waals surface area contributed by atoms with E-state index < -0.39 is 16.0 Å². The number of rotatable bonds is 4. The summed E-state index contributed by atoms with van der Waals surface area (Å²) in [6.45, 7) is 4.16. The molecule has 0 bridgehead atoms. The van der Waals surface area contributed by atoms with Gasteiger partial charge in [-0.3, -0.25) is 4.79 Å². The van der Waals surface area contributed by atoms with Crippen LogP contribution in [0.4, 0.5) is 0 Å². The van der Waals surface area contributed by atoms with Crippen LogP contribution in [0.5, 0.6) is 0 Å². The minimum atomic E-state index is -3.69. The standard InChI is InChI=1S/C18H24N2O6S/c1-13-12-26-11-10-20(13)17(21)14-6-8-19(9-7-14)27(24,25)16-4-2-15(3-5-16)18(22)23/h2-5,13-14H,6-12H2,1H3,(H,22,23). The number of carbonyl (C=O) groups is 2. The molecule has 0 aliphatic carbocycles. The molecule has 9 heteroatoms. The summed E-state index contributed by atoms with van der Waals surface area (Å²) >= 11 is 0. The molecule has 27 heavy (non-hydrogen) atoms. The van der Waals surface area contributed by atoms with E-state index in [1.54, 1.807) is 0 Å². The van der Waals surface area contributed by atoms with Crippen molar-refractivity contribution in [3.63, 3.8) is 0 Å². The maximum Gasteiger partial charge on any atom is 0.335 e. The van der Waals surface area contributed by atoms with Gasteiger partial charge in [-0.05, 0) is 44.0 Å². The predicted octanol–water partition coefficient (Wildman–Crippen LogP) is 1.03. The first-order valence-electron chi connectivity index (χ1n) is 9.02. The molecule has 0 radical (unpaired) electrons. The fourth-order valence-electron chi connectivity index (χ4n) is 3.55. The smallest absolute Gasteiger partial charge is 0.335 e. The van der Waals surface area contributed by atoms with Crippen molar-refractivity contribution in [1.82, 2.24) is 9.21 Å². The molecular formula is C18H24N2O6S. The van der Waals surface area contributed by atoms with Gasteiger partial charge in [-0.2, -0.15) is 4.31 Å². The zero-order chi connectivity index (χ0) is 19.6. The first-order chi connectivity index (χ1) is 12.8. The number of morpholine rings is 1. The van der Waals surface area contributed by atoms with Crippen molar-refractivity contribution in [2.45, 2.75) is 30.7 Å². The van der Waals surface area contributed by atoms with Crippen molar-refractivity contribution in [2.75, 3.05) is 32.8 Å². The monoisotopic (exact) mass is 396 g/mol. The Labute approximate surface area is 158 Å². The van der Waals surface area contributed by atoms with Crippen LogP contribution in [0.3, 0.4) is 0 Å². The van der Waals surface area contributed by atoms with Crippen molar-refractivity contribution < 1.29 is 27.9 Å². The van der Waals surface area contributed by atoms with Gasteiger partial charge in [-0.15, -0.1) is 0 Å². The molecule has 1 aromatic carbocycles. The number of carboxylic acid groups (broad SMARTS) is 1. The third-order valence-electron chi connectivity index (χ3n) is 5.19. The second-order valence-corrected chi connectivity index (χ2v) is 8.90. The molecule has 2 fully saturated rings. The fraction of sp³-hybridized carbons (Fsp3) is 0.556. The molecule has 2 aliphatic rings. The third-order valence-corrected chi connectivity index (χ3v) is 7.11. The van der Waals surface area contributed by atoms with E-state index in [9.17, 15) is 18.0 Å². The number of hydrogen-bond donors (Lipinski definition) is 1. The number of nitrogens with zero attached hydrogens (tertiary/aromatic N) is 2. The summed E-state index contributed by atoms with van der Waals surface area (Å²) in [5.41, 5.74) is 0.0397. The lowest BCUT2D eigenvalue weighted by Gasteiger charge is -2.38. The van der Waals surface area contributed by atoms with Crippen molar-refractivity contribution in [1.29, 1.82) is 0 Å². The topological polar surface area (TPSA) is 104 Å². The lowest BCUT2D eigenvalue weighted by atomic mass is 9.96. The molecule has 1 unspecified atom stereocenters. The highest BCUT2D eigenvalue weighted by Crippen LogP contribution is 2.26. The predicted molar refractivity (Wildman–Crippen MR) is 96.9 cm³/mol. The normalized spacial score (nSPS) is 22.6. The quantitative estimate of drug-likeness (QED) is 0.815. The zero-order valence-electron chi connectivity index (χ0n) is 15.2. The van der Waals surface area contributed by atoms with Crippen molar-refractivity contribution in [2.24, 2.45) is 5.92 Å². The van der Waals surface area contributed by atoms with Crippen LogP contribution in [-0.2, 0) is 19.6 Å². The van der Waals surface area contributed by atoms with Crippen LogP contribution in [0.15, 0.2) is 29.2 Å². The Kier molecular flexibility index (Phi) is 5.83. The highest BCUT2D eigenvalue weighted by atomic mass is 32.2. The number of benzene rings is 1. The van der Waals surface area contributed by atoms with E-state index in [-0.39, 0.29) is 41.4 Å². The molecular weight excluding hydrogens is 372 g/mol. The minimum absolute atomic E-state index is 0.0397. The van der Waals surface area contributed by atoms with E-state index in [0.29, 0.717) is 32.6 Å². The van der Waals surface area contributed by atoms with E-state index in [4.69, 9.17) is 9.84 Å². The number of ether oxygens (including phenoxy) is 1. The summed E-state index contributed by atoms with van der Waals surface area (Å²) in [6.07, 6.45) is 0.963. The first-order valence-corrected chi connectivity index (χ1v) is 10.5. The minimum Gasteiger partial charge on any atom is -0.478 e. The molecule has 1 atom stereocenters. The van der Waals surface area contributed by atoms with Gasteiger partial charge >= 0.3 is 5.97 Å². The van der Waals surface area contributed by atoms with Gasteiger partial charge in [0.25, 0.3) is 0 Å². The van der Waals surface area contributed by atoms with Crippen LogP contribution < -0.4 is 0 Å². The molecule has 2 heterocycles. The molecule has 1 amide bonds. The van der Waals surface area contributed by atoms with Gasteiger partial charge in [0.2, 0.25) is 15.9 Å². The maximum atomic E-state index is 12.8. The number of carboxylic acids is 1. The number of sulfonamides is 1. The van der Waals surface area contributed by atoms with Gasteiger partial charge in [-0.25, -0.2) is 13.2 Å². The van der Waals surface area contributed by atoms with Crippen LogP contribution in [-0.4, -0.2) is 73.5 Å². The molecule has 0 aromatic heterocycles. The van der Waals surface area contributed by atoms with E-state index in [0.717, 1.165) is 0 Å². The first kappa shape index (κ1) is 19.8. The Morgan fingerprint density at radius 2 is 1.74 bits per heavy atom. The van der Waals surface area contributed by atoms with Gasteiger partial charge in [0.1, 0.15) is 0 Å². The van der Waals surface area contributed by atoms with Gasteiger partial charge < -0.3 is 14.7 Å². The van der Waals surface area contributed by atoms with Crippen LogP contribution in [0, 0.1) is 5.92 Å². The maximum absolute atomic E-state index is 12.8. The summed E-state index contributed by atoms with van der Waals surface area (Å²) in [5, 5.41) is 8.93. The highest BCUT2D eigenvalue weighted by molar-refractivity contribution is 7.89. The van der Waals surface area contributed by atoms with E-state index in [2.05, 4.69) is 0 Å². The molecule has 2 saturated heterocycles. The Hall–Kier alpha value is -1.97. The number of aromatic carboxylic acids is 1. The summed E-state index contributed by atoms with van der Waals surface area (Å²) in [4.78, 5) is 25.6. The SMILES string of the molecule is CC1COCCN1C(=O)C1CCN(S(=O)(=O)c2ccc(C(=O)O)cc2)CC1. The Morgan fingerprint density at radius 3 is 2.30 bits per heavy atom. The number of hydrogen-bond acceptors (Lipinski definition) is 5. The molecule has 3 rings (SSSR count). The Bertz CT molecular complexity index is 800. The third kappa shape index (κ3) is 4.15. The van der Waals surface area contributed by atoms with Gasteiger partial charge in [0.05, 0.1) is 29.7 Å². The largest absolute Gasteiger partial charge is 0.478 e. The van der Waals surface area contributed by atoms with E-state index >= 15 is 0 Å².